The molecule has 0 atom stereocenters. The minimum Gasteiger partial charge on any atom is -0.215 e. The van der Waals surface area contributed by atoms with Crippen molar-refractivity contribution in [3.05, 3.63) is 0 Å². The third-order valence-electron chi connectivity index (χ3n) is 1.83. The molecule has 0 radical (unpaired) electrons. The highest BCUT2D eigenvalue weighted by Crippen LogP contribution is 2.27. The summed E-state index contributed by atoms with van der Waals surface area (Å²) in [5.74, 6) is 0.602. The summed E-state index contributed by atoms with van der Waals surface area (Å²) in [6, 6.07) is 0. The Kier molecular flexibility index (Phi) is 3.80. The summed E-state index contributed by atoms with van der Waals surface area (Å²) in [7, 11) is -2.96. The van der Waals surface area contributed by atoms with Crippen molar-refractivity contribution in [1.82, 2.24) is 4.72 Å². The molecule has 1 aliphatic carbocycles. The van der Waals surface area contributed by atoms with Gasteiger partial charge in [0.05, 0.1) is 5.25 Å². The van der Waals surface area contributed by atoms with Gasteiger partial charge in [0.25, 0.3) is 0 Å². The van der Waals surface area contributed by atoms with E-state index in [1.54, 1.807) is 0 Å². The van der Waals surface area contributed by atoms with Crippen molar-refractivity contribution in [2.24, 2.45) is 0 Å². The van der Waals surface area contributed by atoms with Crippen LogP contribution in [-0.2, 0) is 10.0 Å². The van der Waals surface area contributed by atoms with Crippen LogP contribution >= 0.6 is 11.6 Å². The number of nitrogens with one attached hydrogen (secondary N) is 1. The molecule has 0 bridgehead atoms. The van der Waals surface area contributed by atoms with Crippen LogP contribution in [0.3, 0.4) is 0 Å². The SMILES string of the molecule is O=S(=O)(NCCCCCl)C1CC1. The average Bonchev–Trinajstić information content (AvgIpc) is 2.80. The molecule has 0 unspecified atom stereocenters. The molecule has 1 saturated carbocycles. The number of sulfonamides is 1. The lowest BCUT2D eigenvalue weighted by atomic mass is 10.3. The lowest BCUT2D eigenvalue weighted by Crippen LogP contribution is -2.28. The second-order valence-electron chi connectivity index (χ2n) is 3.03. The van der Waals surface area contributed by atoms with Gasteiger partial charge in [0.2, 0.25) is 10.0 Å². The maximum absolute atomic E-state index is 11.2. The summed E-state index contributed by atoms with van der Waals surface area (Å²) >= 11 is 5.45. The summed E-state index contributed by atoms with van der Waals surface area (Å²) in [6.45, 7) is 0.533. The second-order valence-corrected chi connectivity index (χ2v) is 5.46. The van der Waals surface area contributed by atoms with E-state index < -0.39 is 10.0 Å². The Morgan fingerprint density at radius 3 is 2.50 bits per heavy atom. The maximum atomic E-state index is 11.2. The predicted octanol–water partition coefficient (Wildman–Crippen LogP) is 1.09. The van der Waals surface area contributed by atoms with Gasteiger partial charge in [-0.05, 0) is 25.7 Å². The number of alkyl halides is 1. The summed E-state index contributed by atoms with van der Waals surface area (Å²) < 4.78 is 25.0. The lowest BCUT2D eigenvalue weighted by Gasteiger charge is -2.03. The molecule has 1 aliphatic rings. The van der Waals surface area contributed by atoms with Gasteiger partial charge >= 0.3 is 0 Å². The average molecular weight is 212 g/mol. The zero-order valence-electron chi connectivity index (χ0n) is 6.92. The minimum atomic E-state index is -2.96. The van der Waals surface area contributed by atoms with Crippen molar-refractivity contribution in [3.63, 3.8) is 0 Å². The fourth-order valence-electron chi connectivity index (χ4n) is 0.930. The molecule has 5 heteroatoms. The monoisotopic (exact) mass is 211 g/mol. The predicted molar refractivity (Wildman–Crippen MR) is 49.9 cm³/mol. The van der Waals surface area contributed by atoms with Crippen molar-refractivity contribution >= 4 is 21.6 Å². The van der Waals surface area contributed by atoms with E-state index in [0.717, 1.165) is 25.7 Å². The van der Waals surface area contributed by atoms with Crippen LogP contribution in [0.1, 0.15) is 25.7 Å². The molecule has 3 nitrogen and oxygen atoms in total. The van der Waals surface area contributed by atoms with Crippen LogP contribution in [-0.4, -0.2) is 26.1 Å². The standard InChI is InChI=1S/C7H14ClNO2S/c8-5-1-2-6-9-12(10,11)7-3-4-7/h7,9H,1-6H2. The van der Waals surface area contributed by atoms with E-state index in [9.17, 15) is 8.42 Å². The molecule has 0 amide bonds. The topological polar surface area (TPSA) is 46.2 Å². The highest BCUT2D eigenvalue weighted by atomic mass is 35.5. The highest BCUT2D eigenvalue weighted by Gasteiger charge is 2.34. The Labute approximate surface area is 78.5 Å². The van der Waals surface area contributed by atoms with Crippen LogP contribution in [0.2, 0.25) is 0 Å². The first-order chi connectivity index (χ1) is 5.67. The molecule has 1 N–H and O–H groups in total. The van der Waals surface area contributed by atoms with Gasteiger partial charge in [-0.1, -0.05) is 0 Å². The maximum Gasteiger partial charge on any atom is 0.214 e. The summed E-state index contributed by atoms with van der Waals surface area (Å²) in [5, 5.41) is -0.103. The zero-order chi connectivity index (χ0) is 9.03. The van der Waals surface area contributed by atoms with Gasteiger partial charge < -0.3 is 0 Å². The number of hydrogen-bond donors (Lipinski definition) is 1. The minimum absolute atomic E-state index is 0.103. The Bertz CT molecular complexity index is 224. The molecule has 0 spiro atoms. The first kappa shape index (κ1) is 10.3. The molecule has 0 aromatic rings. The van der Waals surface area contributed by atoms with Crippen LogP contribution in [0.25, 0.3) is 0 Å². The third-order valence-corrected chi connectivity index (χ3v) is 4.05. The van der Waals surface area contributed by atoms with Crippen molar-refractivity contribution in [1.29, 1.82) is 0 Å². The van der Waals surface area contributed by atoms with Gasteiger partial charge in [-0.25, -0.2) is 13.1 Å². The van der Waals surface area contributed by atoms with Crippen molar-refractivity contribution in [2.75, 3.05) is 12.4 Å². The van der Waals surface area contributed by atoms with Gasteiger partial charge in [-0.3, -0.25) is 0 Å². The summed E-state index contributed by atoms with van der Waals surface area (Å²) in [6.07, 6.45) is 3.35. The van der Waals surface area contributed by atoms with Crippen LogP contribution in [0.5, 0.6) is 0 Å². The van der Waals surface area contributed by atoms with Crippen molar-refractivity contribution < 1.29 is 8.42 Å². The smallest absolute Gasteiger partial charge is 0.214 e. The fraction of sp³-hybridized carbons (Fsp3) is 1.00. The van der Waals surface area contributed by atoms with Crippen molar-refractivity contribution in [2.45, 2.75) is 30.9 Å². The van der Waals surface area contributed by atoms with E-state index in [1.165, 1.54) is 0 Å². The van der Waals surface area contributed by atoms with Gasteiger partial charge in [-0.15, -0.1) is 11.6 Å². The fourth-order valence-corrected chi connectivity index (χ4v) is 2.54. The largest absolute Gasteiger partial charge is 0.215 e. The van der Waals surface area contributed by atoms with E-state index in [2.05, 4.69) is 4.72 Å². The van der Waals surface area contributed by atoms with Crippen molar-refractivity contribution in [3.8, 4) is 0 Å². The van der Waals surface area contributed by atoms with Crippen LogP contribution in [0.4, 0.5) is 0 Å². The molecular formula is C7H14ClNO2S. The molecular weight excluding hydrogens is 198 g/mol. The molecule has 72 valence electrons. The molecule has 0 aromatic carbocycles. The molecule has 0 aromatic heterocycles. The molecule has 0 heterocycles. The quantitative estimate of drug-likeness (QED) is 0.528. The van der Waals surface area contributed by atoms with Gasteiger partial charge in [0.15, 0.2) is 0 Å². The van der Waals surface area contributed by atoms with Gasteiger partial charge in [-0.2, -0.15) is 0 Å². The van der Waals surface area contributed by atoms with Crippen LogP contribution in [0, 0.1) is 0 Å². The summed E-state index contributed by atoms with van der Waals surface area (Å²) in [4.78, 5) is 0. The molecule has 12 heavy (non-hydrogen) atoms. The summed E-state index contributed by atoms with van der Waals surface area (Å²) in [5.41, 5.74) is 0. The Morgan fingerprint density at radius 1 is 1.33 bits per heavy atom. The van der Waals surface area contributed by atoms with E-state index in [0.29, 0.717) is 12.4 Å². The molecule has 0 saturated heterocycles. The van der Waals surface area contributed by atoms with Crippen LogP contribution < -0.4 is 4.72 Å². The Hall–Kier alpha value is 0.200. The number of hydrogen-bond acceptors (Lipinski definition) is 2. The molecule has 1 rings (SSSR count). The molecule has 0 aliphatic heterocycles. The third kappa shape index (κ3) is 3.29. The zero-order valence-corrected chi connectivity index (χ0v) is 8.50. The number of rotatable bonds is 6. The molecule has 1 fully saturated rings. The van der Waals surface area contributed by atoms with Gasteiger partial charge in [0, 0.05) is 12.4 Å². The number of halogens is 1. The van der Waals surface area contributed by atoms with E-state index in [-0.39, 0.29) is 5.25 Å². The van der Waals surface area contributed by atoms with E-state index >= 15 is 0 Å². The lowest BCUT2D eigenvalue weighted by molar-refractivity contribution is 0.577. The Morgan fingerprint density at radius 2 is 2.00 bits per heavy atom. The first-order valence-corrected chi connectivity index (χ1v) is 6.29. The van der Waals surface area contributed by atoms with Crippen LogP contribution in [0.15, 0.2) is 0 Å². The van der Waals surface area contributed by atoms with E-state index in [1.807, 2.05) is 0 Å². The van der Waals surface area contributed by atoms with Gasteiger partial charge in [0.1, 0.15) is 0 Å². The second kappa shape index (κ2) is 4.44. The van der Waals surface area contributed by atoms with E-state index in [4.69, 9.17) is 11.6 Å². The Balaban J connectivity index is 2.13. The first-order valence-electron chi connectivity index (χ1n) is 4.21. The highest BCUT2D eigenvalue weighted by molar-refractivity contribution is 7.90. The normalized spacial score (nSPS) is 18.1. The number of unbranched alkanes of at least 4 members (excludes halogenated alkanes) is 1.